The van der Waals surface area contributed by atoms with E-state index in [9.17, 15) is 9.59 Å². The Morgan fingerprint density at radius 3 is 2.89 bits per heavy atom. The average Bonchev–Trinajstić information content (AvgIpc) is 3.41. The van der Waals surface area contributed by atoms with Gasteiger partial charge in [-0.25, -0.2) is 9.97 Å². The molecule has 0 saturated heterocycles. The Morgan fingerprint density at radius 1 is 1.19 bits per heavy atom. The fourth-order valence-electron chi connectivity index (χ4n) is 3.99. The van der Waals surface area contributed by atoms with E-state index in [1.807, 2.05) is 12.4 Å². The Hall–Kier alpha value is -3.22. The fourth-order valence-corrected chi connectivity index (χ4v) is 3.99. The molecule has 2 N–H and O–H groups in total. The van der Waals surface area contributed by atoms with Crippen LogP contribution in [0, 0.1) is 0 Å². The molecule has 3 aromatic rings. The second-order valence-corrected chi connectivity index (χ2v) is 7.17. The number of carbonyl (C=O) groups excluding carboxylic acids is 2. The van der Waals surface area contributed by atoms with Crippen molar-refractivity contribution in [1.82, 2.24) is 19.9 Å². The van der Waals surface area contributed by atoms with Gasteiger partial charge in [0.25, 0.3) is 11.8 Å². The minimum absolute atomic E-state index is 0.110. The Morgan fingerprint density at radius 2 is 2.04 bits per heavy atom. The maximum absolute atomic E-state index is 12.6. The summed E-state index contributed by atoms with van der Waals surface area (Å²) >= 11 is 0. The number of imidazole rings is 1. The van der Waals surface area contributed by atoms with Crippen LogP contribution in [-0.2, 0) is 6.54 Å². The summed E-state index contributed by atoms with van der Waals surface area (Å²) in [6.07, 6.45) is 8.20. The molecule has 0 unspecified atom stereocenters. The molecule has 1 aliphatic heterocycles. The summed E-state index contributed by atoms with van der Waals surface area (Å²) in [5, 5.41) is 5.61. The maximum Gasteiger partial charge on any atom is 0.257 e. The van der Waals surface area contributed by atoms with E-state index in [1.165, 1.54) is 12.8 Å². The number of rotatable bonds is 3. The summed E-state index contributed by atoms with van der Waals surface area (Å²) in [7, 11) is 0. The number of pyridine rings is 1. The molecule has 0 atom stereocenters. The number of nitrogens with one attached hydrogen (secondary N) is 2. The van der Waals surface area contributed by atoms with Crippen LogP contribution < -0.4 is 10.6 Å². The molecule has 7 heteroatoms. The predicted molar refractivity (Wildman–Crippen MR) is 101 cm³/mol. The van der Waals surface area contributed by atoms with Gasteiger partial charge in [0.05, 0.1) is 11.9 Å². The first kappa shape index (κ1) is 16.0. The molecule has 27 heavy (non-hydrogen) atoms. The molecule has 2 aromatic heterocycles. The van der Waals surface area contributed by atoms with E-state index < -0.39 is 0 Å². The minimum Gasteiger partial charge on any atom is -0.348 e. The number of nitrogens with zero attached hydrogens (tertiary/aromatic N) is 3. The lowest BCUT2D eigenvalue weighted by molar-refractivity contribution is 0.0964. The Balaban J connectivity index is 1.39. The zero-order chi connectivity index (χ0) is 18.4. The van der Waals surface area contributed by atoms with Crippen LogP contribution in [0.1, 0.15) is 58.0 Å². The highest BCUT2D eigenvalue weighted by Crippen LogP contribution is 2.31. The van der Waals surface area contributed by atoms with Crippen LogP contribution in [0.15, 0.2) is 36.8 Å². The van der Waals surface area contributed by atoms with E-state index >= 15 is 0 Å². The number of benzene rings is 1. The summed E-state index contributed by atoms with van der Waals surface area (Å²) in [6, 6.07) is 7.59. The number of carbonyl (C=O) groups is 2. The third-order valence-corrected chi connectivity index (χ3v) is 5.45. The van der Waals surface area contributed by atoms with Gasteiger partial charge in [0, 0.05) is 30.0 Å². The first-order chi connectivity index (χ1) is 13.2. The highest BCUT2D eigenvalue weighted by atomic mass is 16.2. The van der Waals surface area contributed by atoms with Gasteiger partial charge in [-0.05, 0) is 36.6 Å². The summed E-state index contributed by atoms with van der Waals surface area (Å²) in [6.45, 7) is 0.534. The molecule has 7 nitrogen and oxygen atoms in total. The molecule has 0 radical (unpaired) electrons. The molecule has 0 bridgehead atoms. The van der Waals surface area contributed by atoms with Crippen molar-refractivity contribution in [3.8, 4) is 0 Å². The summed E-state index contributed by atoms with van der Waals surface area (Å²) in [5.74, 6) is -0.375. The Bertz CT molecular complexity index is 1070. The third-order valence-electron chi connectivity index (χ3n) is 5.45. The SMILES string of the molecule is O=C(Nc1ccc2c(c1)C(=O)NC2)c1cnc2c(c1)ncn2C1CCCC1. The standard InChI is InChI=1S/C20H19N5O2/c26-19(24-14-6-5-12-9-22-20(27)16(12)8-14)13-7-17-18(21-10-13)25(11-23-17)15-3-1-2-4-15/h5-8,10-11,15H,1-4,9H2,(H,22,27)(H,24,26). The van der Waals surface area contributed by atoms with Crippen molar-refractivity contribution >= 4 is 28.7 Å². The quantitative estimate of drug-likeness (QED) is 0.750. The van der Waals surface area contributed by atoms with Crippen LogP contribution in [0.4, 0.5) is 5.69 Å². The van der Waals surface area contributed by atoms with Gasteiger partial charge in [0.1, 0.15) is 5.52 Å². The molecule has 5 rings (SSSR count). The third kappa shape index (κ3) is 2.75. The number of aromatic nitrogens is 3. The van der Waals surface area contributed by atoms with Gasteiger partial charge in [-0.2, -0.15) is 0 Å². The molecule has 2 amide bonds. The smallest absolute Gasteiger partial charge is 0.257 e. The Labute approximate surface area is 155 Å². The topological polar surface area (TPSA) is 88.9 Å². The largest absolute Gasteiger partial charge is 0.348 e. The van der Waals surface area contributed by atoms with Crippen molar-refractivity contribution in [3.63, 3.8) is 0 Å². The number of hydrogen-bond acceptors (Lipinski definition) is 4. The van der Waals surface area contributed by atoms with E-state index in [-0.39, 0.29) is 11.8 Å². The Kier molecular flexibility index (Phi) is 3.67. The number of anilines is 1. The average molecular weight is 361 g/mol. The minimum atomic E-state index is -0.266. The van der Waals surface area contributed by atoms with E-state index in [0.717, 1.165) is 29.6 Å². The van der Waals surface area contributed by atoms with Gasteiger partial charge in [-0.3, -0.25) is 9.59 Å². The predicted octanol–water partition coefficient (Wildman–Crippen LogP) is 3.04. The number of amides is 2. The van der Waals surface area contributed by atoms with Crippen molar-refractivity contribution in [2.45, 2.75) is 38.3 Å². The van der Waals surface area contributed by atoms with Crippen LogP contribution in [0.3, 0.4) is 0 Å². The van der Waals surface area contributed by atoms with Gasteiger partial charge >= 0.3 is 0 Å². The molecule has 1 aliphatic carbocycles. The van der Waals surface area contributed by atoms with E-state index in [1.54, 1.807) is 24.4 Å². The highest BCUT2D eigenvalue weighted by molar-refractivity contribution is 6.06. The molecular formula is C20H19N5O2. The van der Waals surface area contributed by atoms with Gasteiger partial charge < -0.3 is 15.2 Å². The lowest BCUT2D eigenvalue weighted by Gasteiger charge is -2.11. The van der Waals surface area contributed by atoms with E-state index in [0.29, 0.717) is 29.4 Å². The monoisotopic (exact) mass is 361 g/mol. The van der Waals surface area contributed by atoms with Crippen LogP contribution in [0.2, 0.25) is 0 Å². The molecule has 1 fully saturated rings. The first-order valence-corrected chi connectivity index (χ1v) is 9.24. The second-order valence-electron chi connectivity index (χ2n) is 7.17. The van der Waals surface area contributed by atoms with E-state index in [2.05, 4.69) is 25.2 Å². The fraction of sp³-hybridized carbons (Fsp3) is 0.300. The van der Waals surface area contributed by atoms with Crippen molar-refractivity contribution < 1.29 is 9.59 Å². The molecule has 1 saturated carbocycles. The van der Waals surface area contributed by atoms with Gasteiger partial charge in [0.2, 0.25) is 0 Å². The molecule has 136 valence electrons. The second kappa shape index (κ2) is 6.19. The summed E-state index contributed by atoms with van der Waals surface area (Å²) in [4.78, 5) is 33.3. The molecular weight excluding hydrogens is 342 g/mol. The van der Waals surface area contributed by atoms with Crippen LogP contribution >= 0.6 is 0 Å². The van der Waals surface area contributed by atoms with Crippen LogP contribution in [0.5, 0.6) is 0 Å². The van der Waals surface area contributed by atoms with Crippen molar-refractivity contribution in [1.29, 1.82) is 0 Å². The van der Waals surface area contributed by atoms with Crippen molar-refractivity contribution in [3.05, 3.63) is 53.5 Å². The highest BCUT2D eigenvalue weighted by Gasteiger charge is 2.21. The first-order valence-electron chi connectivity index (χ1n) is 9.24. The number of fused-ring (bicyclic) bond motifs is 2. The zero-order valence-electron chi connectivity index (χ0n) is 14.7. The molecule has 2 aliphatic rings. The maximum atomic E-state index is 12.6. The van der Waals surface area contributed by atoms with Crippen LogP contribution in [-0.4, -0.2) is 26.3 Å². The number of hydrogen-bond donors (Lipinski definition) is 2. The van der Waals surface area contributed by atoms with Crippen molar-refractivity contribution in [2.75, 3.05) is 5.32 Å². The summed E-state index contributed by atoms with van der Waals surface area (Å²) < 4.78 is 2.13. The normalized spacial score (nSPS) is 16.5. The molecule has 1 aromatic carbocycles. The molecule has 0 spiro atoms. The zero-order valence-corrected chi connectivity index (χ0v) is 14.7. The van der Waals surface area contributed by atoms with E-state index in [4.69, 9.17) is 0 Å². The molecule has 3 heterocycles. The lowest BCUT2D eigenvalue weighted by Crippen LogP contribution is -2.14. The summed E-state index contributed by atoms with van der Waals surface area (Å²) in [5.41, 5.74) is 4.14. The lowest BCUT2D eigenvalue weighted by atomic mass is 10.1. The van der Waals surface area contributed by atoms with Gasteiger partial charge in [0.15, 0.2) is 5.65 Å². The van der Waals surface area contributed by atoms with Crippen LogP contribution in [0.25, 0.3) is 11.2 Å². The van der Waals surface area contributed by atoms with Crippen molar-refractivity contribution in [2.24, 2.45) is 0 Å². The van der Waals surface area contributed by atoms with Gasteiger partial charge in [-0.15, -0.1) is 0 Å². The van der Waals surface area contributed by atoms with Gasteiger partial charge in [-0.1, -0.05) is 18.9 Å².